The molecule has 0 saturated carbocycles. The van der Waals surface area contributed by atoms with Crippen molar-refractivity contribution in [1.29, 1.82) is 0 Å². The normalized spacial score (nSPS) is 10.6. The maximum Gasteiger partial charge on any atom is 0.123 e. The molecule has 2 rings (SSSR count). The molecule has 1 N–H and O–H groups in total. The fraction of sp³-hybridized carbons (Fsp3) is 0.250. The molecule has 0 aliphatic carbocycles. The first kappa shape index (κ1) is 10.8. The van der Waals surface area contributed by atoms with Crippen LogP contribution in [0.5, 0.6) is 0 Å². The number of nitrogens with zero attached hydrogens (tertiary/aromatic N) is 2. The molecule has 16 heavy (non-hydrogen) atoms. The van der Waals surface area contributed by atoms with Crippen molar-refractivity contribution in [3.63, 3.8) is 0 Å². The maximum absolute atomic E-state index is 12.7. The molecule has 0 aliphatic heterocycles. The lowest BCUT2D eigenvalue weighted by Gasteiger charge is -2.05. The molecule has 0 bridgehead atoms. The molecular weight excluding hydrogens is 205 g/mol. The van der Waals surface area contributed by atoms with E-state index in [1.165, 1.54) is 12.1 Å². The highest BCUT2D eigenvalue weighted by atomic mass is 19.1. The van der Waals surface area contributed by atoms with E-state index in [4.69, 9.17) is 0 Å². The van der Waals surface area contributed by atoms with Gasteiger partial charge in [0.25, 0.3) is 0 Å². The number of benzene rings is 1. The van der Waals surface area contributed by atoms with Crippen LogP contribution in [-0.2, 0) is 20.1 Å². The molecule has 3 nitrogen and oxygen atoms in total. The summed E-state index contributed by atoms with van der Waals surface area (Å²) in [7, 11) is 1.91. The van der Waals surface area contributed by atoms with Gasteiger partial charge in [-0.25, -0.2) is 4.39 Å². The predicted octanol–water partition coefficient (Wildman–Crippen LogP) is 1.85. The molecule has 4 heteroatoms. The highest BCUT2D eigenvalue weighted by molar-refractivity contribution is 5.15. The molecule has 0 radical (unpaired) electrons. The lowest BCUT2D eigenvalue weighted by Crippen LogP contribution is -2.15. The number of halogens is 1. The second kappa shape index (κ2) is 4.90. The van der Waals surface area contributed by atoms with Crippen molar-refractivity contribution in [3.05, 3.63) is 53.6 Å². The Kier molecular flexibility index (Phi) is 3.31. The van der Waals surface area contributed by atoms with E-state index in [0.717, 1.165) is 24.3 Å². The summed E-state index contributed by atoms with van der Waals surface area (Å²) >= 11 is 0. The van der Waals surface area contributed by atoms with E-state index in [1.54, 1.807) is 18.3 Å². The minimum Gasteiger partial charge on any atom is -0.307 e. The summed E-state index contributed by atoms with van der Waals surface area (Å²) in [6.45, 7) is 1.49. The molecule has 0 spiro atoms. The topological polar surface area (TPSA) is 29.9 Å². The Morgan fingerprint density at radius 2 is 1.94 bits per heavy atom. The molecular formula is C12H14FN3. The van der Waals surface area contributed by atoms with Gasteiger partial charge in [0.15, 0.2) is 0 Å². The van der Waals surface area contributed by atoms with Crippen molar-refractivity contribution >= 4 is 0 Å². The number of nitrogens with one attached hydrogen (secondary N) is 1. The lowest BCUT2D eigenvalue weighted by molar-refractivity contribution is 0.617. The molecule has 2 aromatic rings. The third kappa shape index (κ3) is 2.67. The number of hydrogen-bond acceptors (Lipinski definition) is 2. The number of rotatable bonds is 4. The van der Waals surface area contributed by atoms with Crippen LogP contribution < -0.4 is 5.32 Å². The molecule has 1 aromatic carbocycles. The number of hydrogen-bond donors (Lipinski definition) is 1. The van der Waals surface area contributed by atoms with E-state index in [9.17, 15) is 4.39 Å². The zero-order chi connectivity index (χ0) is 11.4. The van der Waals surface area contributed by atoms with Crippen molar-refractivity contribution in [3.8, 4) is 0 Å². The van der Waals surface area contributed by atoms with Crippen LogP contribution in [-0.4, -0.2) is 9.78 Å². The highest BCUT2D eigenvalue weighted by Crippen LogP contribution is 2.03. The van der Waals surface area contributed by atoms with Gasteiger partial charge in [-0.2, -0.15) is 5.10 Å². The minimum absolute atomic E-state index is 0.199. The molecule has 1 aromatic heterocycles. The van der Waals surface area contributed by atoms with Gasteiger partial charge in [0.05, 0.1) is 5.69 Å². The third-order valence-electron chi connectivity index (χ3n) is 2.47. The van der Waals surface area contributed by atoms with Gasteiger partial charge in [0, 0.05) is 26.3 Å². The van der Waals surface area contributed by atoms with E-state index in [2.05, 4.69) is 10.4 Å². The van der Waals surface area contributed by atoms with Crippen molar-refractivity contribution in [2.24, 2.45) is 7.05 Å². The summed E-state index contributed by atoms with van der Waals surface area (Å²) in [6.07, 6.45) is 1.77. The van der Waals surface area contributed by atoms with Crippen LogP contribution >= 0.6 is 0 Å². The zero-order valence-electron chi connectivity index (χ0n) is 9.15. The molecule has 0 amide bonds. The van der Waals surface area contributed by atoms with E-state index >= 15 is 0 Å². The summed E-state index contributed by atoms with van der Waals surface area (Å²) in [6, 6.07) is 8.48. The van der Waals surface area contributed by atoms with Crippen molar-refractivity contribution in [2.75, 3.05) is 0 Å². The van der Waals surface area contributed by atoms with Crippen LogP contribution in [0.3, 0.4) is 0 Å². The monoisotopic (exact) mass is 219 g/mol. The summed E-state index contributed by atoms with van der Waals surface area (Å²) in [5, 5.41) is 7.36. The van der Waals surface area contributed by atoms with E-state index in [-0.39, 0.29) is 5.82 Å². The van der Waals surface area contributed by atoms with Crippen LogP contribution in [0.25, 0.3) is 0 Å². The molecule has 0 atom stereocenters. The average Bonchev–Trinajstić information content (AvgIpc) is 2.68. The van der Waals surface area contributed by atoms with Crippen LogP contribution in [0.15, 0.2) is 36.5 Å². The summed E-state index contributed by atoms with van der Waals surface area (Å²) < 4.78 is 14.5. The highest BCUT2D eigenvalue weighted by Gasteiger charge is 1.98. The smallest absolute Gasteiger partial charge is 0.123 e. The Labute approximate surface area is 93.9 Å². The first-order valence-electron chi connectivity index (χ1n) is 5.18. The van der Waals surface area contributed by atoms with E-state index in [0.29, 0.717) is 0 Å². The van der Waals surface area contributed by atoms with Crippen molar-refractivity contribution < 1.29 is 4.39 Å². The minimum atomic E-state index is -0.199. The largest absolute Gasteiger partial charge is 0.307 e. The molecule has 1 heterocycles. The fourth-order valence-corrected chi connectivity index (χ4v) is 1.51. The lowest BCUT2D eigenvalue weighted by atomic mass is 10.2. The first-order chi connectivity index (χ1) is 7.75. The van der Waals surface area contributed by atoms with Gasteiger partial charge >= 0.3 is 0 Å². The van der Waals surface area contributed by atoms with Crippen LogP contribution in [0.2, 0.25) is 0 Å². The second-order valence-corrected chi connectivity index (χ2v) is 3.68. The number of aryl methyl sites for hydroxylation is 1. The second-order valence-electron chi connectivity index (χ2n) is 3.68. The van der Waals surface area contributed by atoms with Gasteiger partial charge in [0.2, 0.25) is 0 Å². The average molecular weight is 219 g/mol. The molecule has 0 aliphatic rings. The number of aromatic nitrogens is 2. The Morgan fingerprint density at radius 3 is 2.56 bits per heavy atom. The molecule has 0 fully saturated rings. The first-order valence-corrected chi connectivity index (χ1v) is 5.18. The summed E-state index contributed by atoms with van der Waals surface area (Å²) in [4.78, 5) is 0. The maximum atomic E-state index is 12.7. The molecule has 84 valence electrons. The van der Waals surface area contributed by atoms with Crippen molar-refractivity contribution in [2.45, 2.75) is 13.1 Å². The summed E-state index contributed by atoms with van der Waals surface area (Å²) in [5.74, 6) is -0.199. The van der Waals surface area contributed by atoms with Crippen LogP contribution in [0.4, 0.5) is 4.39 Å². The van der Waals surface area contributed by atoms with Gasteiger partial charge in [-0.1, -0.05) is 12.1 Å². The van der Waals surface area contributed by atoms with Crippen molar-refractivity contribution in [1.82, 2.24) is 15.1 Å². The standard InChI is InChI=1S/C12H14FN3/c1-16-12(6-7-15-16)9-14-8-10-2-4-11(13)5-3-10/h2-7,14H,8-9H2,1H3. The van der Waals surface area contributed by atoms with E-state index in [1.807, 2.05) is 17.8 Å². The molecule has 0 unspecified atom stereocenters. The Hall–Kier alpha value is -1.68. The van der Waals surface area contributed by atoms with Gasteiger partial charge in [-0.3, -0.25) is 4.68 Å². The molecule has 0 saturated heterocycles. The SMILES string of the molecule is Cn1nccc1CNCc1ccc(F)cc1. The van der Waals surface area contributed by atoms with Gasteiger partial charge in [-0.15, -0.1) is 0 Å². The zero-order valence-corrected chi connectivity index (χ0v) is 9.15. The van der Waals surface area contributed by atoms with Gasteiger partial charge in [0.1, 0.15) is 5.82 Å². The third-order valence-corrected chi connectivity index (χ3v) is 2.47. The quantitative estimate of drug-likeness (QED) is 0.850. The Balaban J connectivity index is 1.84. The van der Waals surface area contributed by atoms with Crippen LogP contribution in [0, 0.1) is 5.82 Å². The van der Waals surface area contributed by atoms with Crippen LogP contribution in [0.1, 0.15) is 11.3 Å². The Morgan fingerprint density at radius 1 is 1.19 bits per heavy atom. The predicted molar refractivity (Wildman–Crippen MR) is 60.2 cm³/mol. The summed E-state index contributed by atoms with van der Waals surface area (Å²) in [5.41, 5.74) is 2.20. The van der Waals surface area contributed by atoms with Gasteiger partial charge in [-0.05, 0) is 23.8 Å². The van der Waals surface area contributed by atoms with Gasteiger partial charge < -0.3 is 5.32 Å². The van der Waals surface area contributed by atoms with E-state index < -0.39 is 0 Å². The Bertz CT molecular complexity index is 448. The fourth-order valence-electron chi connectivity index (χ4n) is 1.51.